The molecular weight excluding hydrogens is 220 g/mol. The molecule has 1 atom stereocenters. The van der Waals surface area contributed by atoms with E-state index in [1.807, 2.05) is 25.3 Å². The summed E-state index contributed by atoms with van der Waals surface area (Å²) < 4.78 is 0. The molecule has 1 amide bonds. The summed E-state index contributed by atoms with van der Waals surface area (Å²) in [4.78, 5) is 12.8. The molecule has 0 radical (unpaired) electrons. The molecule has 0 saturated carbocycles. The standard InChI is InChI=1S/C12H20N2OS/c1-9(2)11(13)8-12(15)14-6-5-10-4-3-7-16-10/h3-4,7,9,11H,5-6,8,13H2,1-2H3,(H,14,15). The van der Waals surface area contributed by atoms with E-state index in [2.05, 4.69) is 11.4 Å². The van der Waals surface area contributed by atoms with Gasteiger partial charge in [0.25, 0.3) is 0 Å². The van der Waals surface area contributed by atoms with Crippen molar-refractivity contribution in [3.63, 3.8) is 0 Å². The minimum Gasteiger partial charge on any atom is -0.356 e. The van der Waals surface area contributed by atoms with Crippen molar-refractivity contribution in [3.8, 4) is 0 Å². The lowest BCUT2D eigenvalue weighted by Crippen LogP contribution is -2.35. The van der Waals surface area contributed by atoms with Gasteiger partial charge in [0.15, 0.2) is 0 Å². The number of nitrogens with one attached hydrogen (secondary N) is 1. The van der Waals surface area contributed by atoms with Gasteiger partial charge in [0.05, 0.1) is 0 Å². The van der Waals surface area contributed by atoms with Crippen LogP contribution in [0, 0.1) is 5.92 Å². The maximum atomic E-state index is 11.5. The van der Waals surface area contributed by atoms with E-state index in [0.29, 0.717) is 18.9 Å². The number of nitrogens with two attached hydrogens (primary N) is 1. The largest absolute Gasteiger partial charge is 0.356 e. The predicted molar refractivity (Wildman–Crippen MR) is 68.5 cm³/mol. The summed E-state index contributed by atoms with van der Waals surface area (Å²) in [5.41, 5.74) is 5.82. The Balaban J connectivity index is 2.15. The summed E-state index contributed by atoms with van der Waals surface area (Å²) in [7, 11) is 0. The number of amides is 1. The predicted octanol–water partition coefficient (Wildman–Crippen LogP) is 1.78. The van der Waals surface area contributed by atoms with E-state index in [4.69, 9.17) is 5.73 Å². The molecule has 1 aromatic rings. The number of hydrogen-bond donors (Lipinski definition) is 2. The van der Waals surface area contributed by atoms with Crippen LogP contribution >= 0.6 is 11.3 Å². The average Bonchev–Trinajstić information content (AvgIpc) is 2.70. The third kappa shape index (κ3) is 4.77. The van der Waals surface area contributed by atoms with Gasteiger partial charge >= 0.3 is 0 Å². The van der Waals surface area contributed by atoms with Crippen LogP contribution in [-0.4, -0.2) is 18.5 Å². The Bertz CT molecular complexity index is 309. The van der Waals surface area contributed by atoms with Crippen molar-refractivity contribution in [3.05, 3.63) is 22.4 Å². The van der Waals surface area contributed by atoms with Crippen molar-refractivity contribution >= 4 is 17.2 Å². The van der Waals surface area contributed by atoms with Crippen LogP contribution in [-0.2, 0) is 11.2 Å². The second kappa shape index (κ2) is 6.66. The van der Waals surface area contributed by atoms with E-state index in [0.717, 1.165) is 6.42 Å². The molecule has 1 unspecified atom stereocenters. The van der Waals surface area contributed by atoms with Gasteiger partial charge in [-0.3, -0.25) is 4.79 Å². The third-order valence-corrected chi connectivity index (χ3v) is 3.49. The van der Waals surface area contributed by atoms with Gasteiger partial charge in [-0.1, -0.05) is 19.9 Å². The lowest BCUT2D eigenvalue weighted by molar-refractivity contribution is -0.121. The first-order valence-electron chi connectivity index (χ1n) is 5.64. The molecule has 0 aliphatic heterocycles. The minimum atomic E-state index is -0.0401. The van der Waals surface area contributed by atoms with E-state index in [-0.39, 0.29) is 11.9 Å². The van der Waals surface area contributed by atoms with Crippen LogP contribution in [0.5, 0.6) is 0 Å². The normalized spacial score (nSPS) is 12.8. The molecule has 0 saturated heterocycles. The first-order valence-corrected chi connectivity index (χ1v) is 6.52. The first-order chi connectivity index (χ1) is 7.59. The van der Waals surface area contributed by atoms with Gasteiger partial charge in [-0.05, 0) is 23.8 Å². The lowest BCUT2D eigenvalue weighted by Gasteiger charge is -2.14. The van der Waals surface area contributed by atoms with Crippen LogP contribution in [0.15, 0.2) is 17.5 Å². The van der Waals surface area contributed by atoms with E-state index in [9.17, 15) is 4.79 Å². The van der Waals surface area contributed by atoms with E-state index in [1.165, 1.54) is 4.88 Å². The highest BCUT2D eigenvalue weighted by molar-refractivity contribution is 7.09. The highest BCUT2D eigenvalue weighted by Gasteiger charge is 2.12. The SMILES string of the molecule is CC(C)C(N)CC(=O)NCCc1cccs1. The Morgan fingerprint density at radius 1 is 1.56 bits per heavy atom. The molecule has 0 aliphatic carbocycles. The Hall–Kier alpha value is -0.870. The second-order valence-corrected chi connectivity index (χ2v) is 5.32. The molecule has 1 heterocycles. The van der Waals surface area contributed by atoms with Gasteiger partial charge < -0.3 is 11.1 Å². The summed E-state index contributed by atoms with van der Waals surface area (Å²) >= 11 is 1.72. The second-order valence-electron chi connectivity index (χ2n) is 4.29. The number of carbonyl (C=O) groups excluding carboxylic acids is 1. The lowest BCUT2D eigenvalue weighted by atomic mass is 10.0. The topological polar surface area (TPSA) is 55.1 Å². The van der Waals surface area contributed by atoms with Crippen LogP contribution in [0.25, 0.3) is 0 Å². The summed E-state index contributed by atoms with van der Waals surface area (Å²) in [6, 6.07) is 4.06. The summed E-state index contributed by atoms with van der Waals surface area (Å²) in [6.07, 6.45) is 1.32. The van der Waals surface area contributed by atoms with Gasteiger partial charge in [-0.25, -0.2) is 0 Å². The Kier molecular flexibility index (Phi) is 5.49. The molecule has 0 aliphatic rings. The van der Waals surface area contributed by atoms with Gasteiger partial charge in [-0.2, -0.15) is 0 Å². The maximum absolute atomic E-state index is 11.5. The molecule has 0 spiro atoms. The molecule has 3 N–H and O–H groups in total. The van der Waals surface area contributed by atoms with Gasteiger partial charge in [0.1, 0.15) is 0 Å². The Morgan fingerprint density at radius 2 is 2.31 bits per heavy atom. The smallest absolute Gasteiger partial charge is 0.221 e. The Morgan fingerprint density at radius 3 is 2.88 bits per heavy atom. The van der Waals surface area contributed by atoms with E-state index < -0.39 is 0 Å². The average molecular weight is 240 g/mol. The van der Waals surface area contributed by atoms with Crippen molar-refractivity contribution in [2.75, 3.05) is 6.54 Å². The van der Waals surface area contributed by atoms with Gasteiger partial charge in [0, 0.05) is 23.9 Å². The molecule has 1 rings (SSSR count). The first kappa shape index (κ1) is 13.2. The molecule has 16 heavy (non-hydrogen) atoms. The van der Waals surface area contributed by atoms with Crippen LogP contribution < -0.4 is 11.1 Å². The number of hydrogen-bond acceptors (Lipinski definition) is 3. The number of thiophene rings is 1. The molecule has 0 fully saturated rings. The molecule has 1 aromatic heterocycles. The van der Waals surface area contributed by atoms with Crippen molar-refractivity contribution in [2.45, 2.75) is 32.7 Å². The zero-order chi connectivity index (χ0) is 12.0. The Labute approximate surface area is 101 Å². The van der Waals surface area contributed by atoms with Gasteiger partial charge in [0.2, 0.25) is 5.91 Å². The van der Waals surface area contributed by atoms with Crippen molar-refractivity contribution < 1.29 is 4.79 Å². The third-order valence-electron chi connectivity index (χ3n) is 2.55. The van der Waals surface area contributed by atoms with Crippen molar-refractivity contribution in [1.82, 2.24) is 5.32 Å². The van der Waals surface area contributed by atoms with Crippen LogP contribution in [0.3, 0.4) is 0 Å². The molecule has 0 bridgehead atoms. The van der Waals surface area contributed by atoms with Crippen molar-refractivity contribution in [1.29, 1.82) is 0 Å². The zero-order valence-corrected chi connectivity index (χ0v) is 10.7. The highest BCUT2D eigenvalue weighted by atomic mass is 32.1. The highest BCUT2D eigenvalue weighted by Crippen LogP contribution is 2.08. The van der Waals surface area contributed by atoms with Crippen LogP contribution in [0.4, 0.5) is 0 Å². The van der Waals surface area contributed by atoms with E-state index >= 15 is 0 Å². The summed E-state index contributed by atoms with van der Waals surface area (Å²) in [6.45, 7) is 4.76. The quantitative estimate of drug-likeness (QED) is 0.796. The molecule has 90 valence electrons. The molecule has 0 aromatic carbocycles. The maximum Gasteiger partial charge on any atom is 0.221 e. The van der Waals surface area contributed by atoms with Gasteiger partial charge in [-0.15, -0.1) is 11.3 Å². The fourth-order valence-electron chi connectivity index (χ4n) is 1.30. The summed E-state index contributed by atoms with van der Waals surface area (Å²) in [5.74, 6) is 0.404. The minimum absolute atomic E-state index is 0.0401. The monoisotopic (exact) mass is 240 g/mol. The fraction of sp³-hybridized carbons (Fsp3) is 0.583. The number of rotatable bonds is 6. The molecular formula is C12H20N2OS. The van der Waals surface area contributed by atoms with Crippen LogP contribution in [0.2, 0.25) is 0 Å². The van der Waals surface area contributed by atoms with Crippen molar-refractivity contribution in [2.24, 2.45) is 11.7 Å². The van der Waals surface area contributed by atoms with Crippen LogP contribution in [0.1, 0.15) is 25.1 Å². The molecule has 4 heteroatoms. The molecule has 3 nitrogen and oxygen atoms in total. The summed E-state index contributed by atoms with van der Waals surface area (Å²) in [5, 5.41) is 4.94. The number of carbonyl (C=O) groups is 1. The zero-order valence-electron chi connectivity index (χ0n) is 9.90. The fourth-order valence-corrected chi connectivity index (χ4v) is 2.01. The van der Waals surface area contributed by atoms with E-state index in [1.54, 1.807) is 11.3 Å².